The molecule has 0 aliphatic rings. The van der Waals surface area contributed by atoms with Crippen LogP contribution in [0.1, 0.15) is 5.56 Å². The normalized spacial score (nSPS) is 10.6. The summed E-state index contributed by atoms with van der Waals surface area (Å²) in [4.78, 5) is 25.2. The third kappa shape index (κ3) is 3.35. The van der Waals surface area contributed by atoms with Crippen LogP contribution in [0.15, 0.2) is 41.2 Å². The molecule has 0 saturated heterocycles. The number of hydrogen-bond donors (Lipinski definition) is 2. The van der Waals surface area contributed by atoms with E-state index in [0.717, 1.165) is 6.08 Å². The molecule has 2 aromatic rings. The zero-order chi connectivity index (χ0) is 16.1. The van der Waals surface area contributed by atoms with Crippen molar-refractivity contribution < 1.29 is 19.4 Å². The summed E-state index contributed by atoms with van der Waals surface area (Å²) >= 11 is 0. The molecule has 0 fully saturated rings. The zero-order valence-corrected chi connectivity index (χ0v) is 12.1. The van der Waals surface area contributed by atoms with Crippen molar-refractivity contribution >= 4 is 12.0 Å². The van der Waals surface area contributed by atoms with E-state index in [1.165, 1.54) is 13.2 Å². The molecule has 1 aromatic carbocycles. The quantitative estimate of drug-likeness (QED) is 0.826. The van der Waals surface area contributed by atoms with Crippen LogP contribution in [0.25, 0.3) is 17.3 Å². The van der Waals surface area contributed by atoms with Gasteiger partial charge in [0.15, 0.2) is 0 Å². The maximum absolute atomic E-state index is 12.0. The Morgan fingerprint density at radius 3 is 2.55 bits per heavy atom. The summed E-state index contributed by atoms with van der Waals surface area (Å²) in [5, 5.41) is 8.59. The second kappa shape index (κ2) is 6.62. The molecule has 0 aliphatic carbocycles. The molecule has 0 bridgehead atoms. The van der Waals surface area contributed by atoms with E-state index in [1.54, 1.807) is 37.4 Å². The number of H-pyrrole nitrogens is 1. The summed E-state index contributed by atoms with van der Waals surface area (Å²) in [5.41, 5.74) is 1.09. The Hall–Kier alpha value is -3.02. The summed E-state index contributed by atoms with van der Waals surface area (Å²) in [6.45, 7) is 0. The fourth-order valence-electron chi connectivity index (χ4n) is 1.96. The first kappa shape index (κ1) is 15.4. The van der Waals surface area contributed by atoms with Gasteiger partial charge < -0.3 is 19.6 Å². The molecule has 0 unspecified atom stereocenters. The number of carboxylic acids is 1. The number of aromatic nitrogens is 1. The molecular weight excluding hydrogens is 286 g/mol. The molecule has 6 nitrogen and oxygen atoms in total. The summed E-state index contributed by atoms with van der Waals surface area (Å²) in [6, 6.07) is 8.47. The number of aromatic amines is 1. The molecule has 0 atom stereocenters. The monoisotopic (exact) mass is 301 g/mol. The number of carbonyl (C=O) groups is 1. The van der Waals surface area contributed by atoms with Crippen LogP contribution in [-0.4, -0.2) is 30.3 Å². The van der Waals surface area contributed by atoms with Crippen molar-refractivity contribution in [2.75, 3.05) is 14.2 Å². The van der Waals surface area contributed by atoms with E-state index in [0.29, 0.717) is 22.8 Å². The highest BCUT2D eigenvalue weighted by Crippen LogP contribution is 2.31. The Balaban J connectivity index is 2.48. The van der Waals surface area contributed by atoms with E-state index < -0.39 is 5.97 Å². The van der Waals surface area contributed by atoms with Crippen LogP contribution in [0.2, 0.25) is 0 Å². The second-order valence-electron chi connectivity index (χ2n) is 4.39. The first-order valence-electron chi connectivity index (χ1n) is 6.42. The topological polar surface area (TPSA) is 88.6 Å². The minimum atomic E-state index is -1.11. The van der Waals surface area contributed by atoms with Crippen molar-refractivity contribution in [2.45, 2.75) is 0 Å². The SMILES string of the molecule is COc1ccc(OC)c(-c2ccc(/C=C/C(=O)O)c(=O)[nH]2)c1. The van der Waals surface area contributed by atoms with Gasteiger partial charge in [-0.3, -0.25) is 4.79 Å². The number of pyridine rings is 1. The number of aliphatic carboxylic acids is 1. The largest absolute Gasteiger partial charge is 0.497 e. The Kier molecular flexibility index (Phi) is 4.63. The number of carboxylic acid groups (broad SMARTS) is 1. The van der Waals surface area contributed by atoms with Crippen LogP contribution in [0, 0.1) is 0 Å². The number of ether oxygens (including phenoxy) is 2. The summed E-state index contributed by atoms with van der Waals surface area (Å²) < 4.78 is 10.4. The van der Waals surface area contributed by atoms with Crippen molar-refractivity contribution in [1.82, 2.24) is 4.98 Å². The predicted molar refractivity (Wildman–Crippen MR) is 82.3 cm³/mol. The molecule has 2 N–H and O–H groups in total. The molecule has 6 heteroatoms. The number of rotatable bonds is 5. The standard InChI is InChI=1S/C16H15NO5/c1-21-11-5-7-14(22-2)12(9-11)13-6-3-10(16(20)17-13)4-8-15(18)19/h3-9H,1-2H3,(H,17,20)(H,18,19)/b8-4+. The van der Waals surface area contributed by atoms with Gasteiger partial charge in [-0.05, 0) is 36.4 Å². The second-order valence-corrected chi connectivity index (χ2v) is 4.39. The van der Waals surface area contributed by atoms with Gasteiger partial charge in [0, 0.05) is 17.2 Å². The molecule has 1 heterocycles. The van der Waals surface area contributed by atoms with Crippen molar-refractivity contribution in [3.8, 4) is 22.8 Å². The lowest BCUT2D eigenvalue weighted by Crippen LogP contribution is -2.10. The summed E-state index contributed by atoms with van der Waals surface area (Å²) in [7, 11) is 3.08. The first-order valence-corrected chi connectivity index (χ1v) is 6.42. The molecule has 0 amide bonds. The summed E-state index contributed by atoms with van der Waals surface area (Å²) in [5.74, 6) is 0.106. The van der Waals surface area contributed by atoms with Crippen molar-refractivity contribution in [1.29, 1.82) is 0 Å². The van der Waals surface area contributed by atoms with Crippen LogP contribution in [0.4, 0.5) is 0 Å². The van der Waals surface area contributed by atoms with Gasteiger partial charge in [-0.1, -0.05) is 0 Å². The van der Waals surface area contributed by atoms with Gasteiger partial charge in [0.2, 0.25) is 0 Å². The van der Waals surface area contributed by atoms with Gasteiger partial charge in [-0.25, -0.2) is 4.79 Å². The average molecular weight is 301 g/mol. The van der Waals surface area contributed by atoms with Crippen LogP contribution < -0.4 is 15.0 Å². The van der Waals surface area contributed by atoms with Gasteiger partial charge in [-0.15, -0.1) is 0 Å². The van der Waals surface area contributed by atoms with Gasteiger partial charge in [0.25, 0.3) is 5.56 Å². The predicted octanol–water partition coefficient (Wildman–Crippen LogP) is 2.16. The van der Waals surface area contributed by atoms with E-state index >= 15 is 0 Å². The number of methoxy groups -OCH3 is 2. The number of nitrogens with one attached hydrogen (secondary N) is 1. The van der Waals surface area contributed by atoms with Crippen molar-refractivity contribution in [3.63, 3.8) is 0 Å². The maximum Gasteiger partial charge on any atom is 0.328 e. The Morgan fingerprint density at radius 2 is 1.95 bits per heavy atom. The molecular formula is C16H15NO5. The van der Waals surface area contributed by atoms with Crippen LogP contribution in [-0.2, 0) is 4.79 Å². The molecule has 1 aromatic heterocycles. The number of benzene rings is 1. The van der Waals surface area contributed by atoms with Crippen LogP contribution >= 0.6 is 0 Å². The molecule has 0 aliphatic heterocycles. The smallest absolute Gasteiger partial charge is 0.328 e. The molecule has 114 valence electrons. The van der Waals surface area contributed by atoms with E-state index in [2.05, 4.69) is 4.98 Å². The third-order valence-corrected chi connectivity index (χ3v) is 3.04. The third-order valence-electron chi connectivity index (χ3n) is 3.04. The van der Waals surface area contributed by atoms with E-state index in [-0.39, 0.29) is 11.1 Å². The Bertz CT molecular complexity index is 776. The number of hydrogen-bond acceptors (Lipinski definition) is 4. The zero-order valence-electron chi connectivity index (χ0n) is 12.1. The fourth-order valence-corrected chi connectivity index (χ4v) is 1.96. The van der Waals surface area contributed by atoms with E-state index in [1.807, 2.05) is 0 Å². The van der Waals surface area contributed by atoms with Gasteiger partial charge in [-0.2, -0.15) is 0 Å². The first-order chi connectivity index (χ1) is 10.5. The van der Waals surface area contributed by atoms with Crippen molar-refractivity contribution in [2.24, 2.45) is 0 Å². The van der Waals surface area contributed by atoms with Crippen LogP contribution in [0.3, 0.4) is 0 Å². The molecule has 22 heavy (non-hydrogen) atoms. The lowest BCUT2D eigenvalue weighted by molar-refractivity contribution is -0.131. The minimum absolute atomic E-state index is 0.257. The summed E-state index contributed by atoms with van der Waals surface area (Å²) in [6.07, 6.45) is 2.16. The van der Waals surface area contributed by atoms with Crippen LogP contribution in [0.5, 0.6) is 11.5 Å². The lowest BCUT2D eigenvalue weighted by Gasteiger charge is -2.10. The van der Waals surface area contributed by atoms with E-state index in [4.69, 9.17) is 14.6 Å². The fraction of sp³-hybridized carbons (Fsp3) is 0.125. The lowest BCUT2D eigenvalue weighted by atomic mass is 10.1. The van der Waals surface area contributed by atoms with Gasteiger partial charge in [0.1, 0.15) is 11.5 Å². The highest BCUT2D eigenvalue weighted by molar-refractivity contribution is 5.85. The van der Waals surface area contributed by atoms with Gasteiger partial charge >= 0.3 is 5.97 Å². The Morgan fingerprint density at radius 1 is 1.18 bits per heavy atom. The Labute approximate surface area is 126 Å². The molecule has 2 rings (SSSR count). The highest BCUT2D eigenvalue weighted by Gasteiger charge is 2.09. The van der Waals surface area contributed by atoms with Gasteiger partial charge in [0.05, 0.1) is 19.9 Å². The van der Waals surface area contributed by atoms with E-state index in [9.17, 15) is 9.59 Å². The van der Waals surface area contributed by atoms with Crippen molar-refractivity contribution in [3.05, 3.63) is 52.3 Å². The highest BCUT2D eigenvalue weighted by atomic mass is 16.5. The molecule has 0 spiro atoms. The maximum atomic E-state index is 12.0. The molecule has 0 saturated carbocycles. The molecule has 0 radical (unpaired) electrons. The average Bonchev–Trinajstić information content (AvgIpc) is 2.52. The minimum Gasteiger partial charge on any atom is -0.497 e.